The second kappa shape index (κ2) is 14.6. The second-order valence-electron chi connectivity index (χ2n) is 8.85. The molecule has 4 aromatic carbocycles. The summed E-state index contributed by atoms with van der Waals surface area (Å²) in [6.45, 7) is 1.77. The van der Waals surface area contributed by atoms with Crippen molar-refractivity contribution in [1.82, 2.24) is 5.32 Å². The highest BCUT2D eigenvalue weighted by Crippen LogP contribution is 2.31. The molecule has 3 N–H and O–H groups in total. The van der Waals surface area contributed by atoms with Crippen LogP contribution in [0.25, 0.3) is 6.08 Å². The fraction of sp³-hybridized carbons (Fsp3) is 0.0645. The summed E-state index contributed by atoms with van der Waals surface area (Å²) >= 11 is 26.0. The Morgan fingerprint density at radius 2 is 1.38 bits per heavy atom. The van der Waals surface area contributed by atoms with E-state index < -0.39 is 17.1 Å². The van der Waals surface area contributed by atoms with Gasteiger partial charge in [0.1, 0.15) is 5.70 Å². The molecule has 214 valence electrons. The molecule has 1 unspecified atom stereocenters. The second-order valence-corrected chi connectivity index (χ2v) is 11.8. The summed E-state index contributed by atoms with van der Waals surface area (Å²) in [7, 11) is 0. The number of nitrogens with one attached hydrogen (secondary N) is 3. The van der Waals surface area contributed by atoms with Gasteiger partial charge in [0, 0.05) is 16.1 Å². The monoisotopic (exact) mass is 657 g/mol. The van der Waals surface area contributed by atoms with E-state index in [-0.39, 0.29) is 21.6 Å². The number of rotatable bonds is 9. The van der Waals surface area contributed by atoms with E-state index >= 15 is 0 Å². The van der Waals surface area contributed by atoms with Crippen LogP contribution in [0.5, 0.6) is 0 Å². The van der Waals surface area contributed by atoms with Crippen LogP contribution in [0.1, 0.15) is 22.8 Å². The van der Waals surface area contributed by atoms with Crippen molar-refractivity contribution in [3.63, 3.8) is 0 Å². The van der Waals surface area contributed by atoms with Crippen LogP contribution in [-0.4, -0.2) is 23.0 Å². The number of hydrogen-bond donors (Lipinski definition) is 3. The molecule has 0 saturated heterocycles. The zero-order valence-electron chi connectivity index (χ0n) is 22.0. The van der Waals surface area contributed by atoms with Crippen LogP contribution in [0, 0.1) is 0 Å². The van der Waals surface area contributed by atoms with E-state index in [4.69, 9.17) is 46.4 Å². The molecule has 0 aliphatic heterocycles. The Morgan fingerprint density at radius 1 is 0.738 bits per heavy atom. The lowest BCUT2D eigenvalue weighted by molar-refractivity contribution is -0.115. The number of benzene rings is 4. The highest BCUT2D eigenvalue weighted by molar-refractivity contribution is 8.00. The van der Waals surface area contributed by atoms with Crippen molar-refractivity contribution in [1.29, 1.82) is 0 Å². The molecule has 4 rings (SSSR count). The molecule has 0 radical (unpaired) electrons. The number of halogens is 4. The number of thioether (sulfide) groups is 1. The minimum Gasteiger partial charge on any atom is -0.324 e. The summed E-state index contributed by atoms with van der Waals surface area (Å²) < 4.78 is 0. The van der Waals surface area contributed by atoms with Crippen molar-refractivity contribution in [2.75, 3.05) is 10.6 Å². The van der Waals surface area contributed by atoms with E-state index in [1.165, 1.54) is 17.8 Å². The standard InChI is InChI=1S/C31H23Cl4N3O3S/c1-18(29(39)37-25-12-6-11-24(33)28(25)35)42-22-15-13-21(14-16-22)36-31(41)26(17-20-9-5-10-23(32)27(20)34)38-30(40)19-7-3-2-4-8-19/h2-18H,1H3,(H,36,41)(H,37,39)(H,38,40)/b26-17-. The Balaban J connectivity index is 1.46. The van der Waals surface area contributed by atoms with E-state index in [1.54, 1.807) is 97.9 Å². The van der Waals surface area contributed by atoms with Crippen LogP contribution in [0.15, 0.2) is 102 Å². The average molecular weight is 659 g/mol. The van der Waals surface area contributed by atoms with Crippen molar-refractivity contribution < 1.29 is 14.4 Å². The normalized spacial score (nSPS) is 11.9. The molecule has 0 bridgehead atoms. The fourth-order valence-corrected chi connectivity index (χ4v) is 5.22. The van der Waals surface area contributed by atoms with Gasteiger partial charge in [0.25, 0.3) is 11.8 Å². The maximum atomic E-state index is 13.3. The molecular weight excluding hydrogens is 636 g/mol. The van der Waals surface area contributed by atoms with E-state index in [0.29, 0.717) is 32.5 Å². The molecule has 0 heterocycles. The van der Waals surface area contributed by atoms with Crippen LogP contribution in [-0.2, 0) is 9.59 Å². The largest absolute Gasteiger partial charge is 0.324 e. The third-order valence-electron chi connectivity index (χ3n) is 5.81. The number of carbonyl (C=O) groups is 3. The molecule has 0 aliphatic rings. The van der Waals surface area contributed by atoms with Gasteiger partial charge in [0.2, 0.25) is 5.91 Å². The quantitative estimate of drug-likeness (QED) is 0.124. The molecule has 4 aromatic rings. The SMILES string of the molecule is CC(Sc1ccc(NC(=O)/C(=C/c2cccc(Cl)c2Cl)NC(=O)c2ccccc2)cc1)C(=O)Nc1cccc(Cl)c1Cl. The van der Waals surface area contributed by atoms with E-state index in [9.17, 15) is 14.4 Å². The molecule has 0 spiro atoms. The first-order valence-corrected chi connectivity index (χ1v) is 14.9. The molecule has 0 aliphatic carbocycles. The van der Waals surface area contributed by atoms with Gasteiger partial charge >= 0.3 is 0 Å². The van der Waals surface area contributed by atoms with Gasteiger partial charge in [-0.25, -0.2) is 0 Å². The Labute approximate surface area is 267 Å². The van der Waals surface area contributed by atoms with Gasteiger partial charge in [-0.1, -0.05) is 82.8 Å². The predicted molar refractivity (Wildman–Crippen MR) is 174 cm³/mol. The molecule has 0 saturated carbocycles. The number of amides is 3. The van der Waals surface area contributed by atoms with Gasteiger partial charge < -0.3 is 16.0 Å². The lowest BCUT2D eigenvalue weighted by atomic mass is 10.1. The Bertz CT molecular complexity index is 1650. The minimum atomic E-state index is -0.568. The lowest BCUT2D eigenvalue weighted by Gasteiger charge is -2.14. The molecule has 11 heteroatoms. The number of carbonyl (C=O) groups excluding carboxylic acids is 3. The Morgan fingerprint density at radius 3 is 2.07 bits per heavy atom. The van der Waals surface area contributed by atoms with Gasteiger partial charge in [-0.05, 0) is 73.2 Å². The van der Waals surface area contributed by atoms with Crippen molar-refractivity contribution in [2.45, 2.75) is 17.1 Å². The van der Waals surface area contributed by atoms with E-state index in [0.717, 1.165) is 4.90 Å². The summed E-state index contributed by atoms with van der Waals surface area (Å²) in [6, 6.07) is 25.5. The van der Waals surface area contributed by atoms with Crippen LogP contribution < -0.4 is 16.0 Å². The average Bonchev–Trinajstić information content (AvgIpc) is 2.98. The van der Waals surface area contributed by atoms with Gasteiger partial charge in [-0.15, -0.1) is 11.8 Å². The number of anilines is 2. The smallest absolute Gasteiger partial charge is 0.272 e. The van der Waals surface area contributed by atoms with Gasteiger partial charge in [-0.2, -0.15) is 0 Å². The highest BCUT2D eigenvalue weighted by atomic mass is 35.5. The van der Waals surface area contributed by atoms with Gasteiger partial charge in [0.05, 0.1) is 31.0 Å². The van der Waals surface area contributed by atoms with Crippen molar-refractivity contribution in [3.05, 3.63) is 128 Å². The molecule has 1 atom stereocenters. The zero-order valence-corrected chi connectivity index (χ0v) is 25.8. The van der Waals surface area contributed by atoms with Crippen molar-refractivity contribution in [3.8, 4) is 0 Å². The first-order chi connectivity index (χ1) is 20.1. The summed E-state index contributed by atoms with van der Waals surface area (Å²) in [5, 5.41) is 8.96. The van der Waals surface area contributed by atoms with Crippen molar-refractivity contribution in [2.24, 2.45) is 0 Å². The highest BCUT2D eigenvalue weighted by Gasteiger charge is 2.18. The topological polar surface area (TPSA) is 87.3 Å². The van der Waals surface area contributed by atoms with E-state index in [1.807, 2.05) is 0 Å². The third kappa shape index (κ3) is 8.31. The summed E-state index contributed by atoms with van der Waals surface area (Å²) in [5.41, 5.74) is 1.72. The minimum absolute atomic E-state index is 0.0311. The summed E-state index contributed by atoms with van der Waals surface area (Å²) in [6.07, 6.45) is 1.46. The van der Waals surface area contributed by atoms with Gasteiger partial charge in [0.15, 0.2) is 0 Å². The van der Waals surface area contributed by atoms with Crippen LogP contribution in [0.2, 0.25) is 20.1 Å². The molecule has 0 aromatic heterocycles. The molecule has 3 amide bonds. The predicted octanol–water partition coefficient (Wildman–Crippen LogP) is 8.83. The first kappa shape index (κ1) is 31.5. The van der Waals surface area contributed by atoms with E-state index in [2.05, 4.69) is 16.0 Å². The fourth-order valence-electron chi connectivity index (χ4n) is 3.64. The maximum Gasteiger partial charge on any atom is 0.272 e. The third-order valence-corrected chi connectivity index (χ3v) is 8.58. The molecule has 6 nitrogen and oxygen atoms in total. The first-order valence-electron chi connectivity index (χ1n) is 12.5. The van der Waals surface area contributed by atoms with Crippen LogP contribution in [0.4, 0.5) is 11.4 Å². The molecular formula is C31H23Cl4N3O3S. The summed E-state index contributed by atoms with van der Waals surface area (Å²) in [5.74, 6) is -1.28. The van der Waals surface area contributed by atoms with Crippen molar-refractivity contribution >= 4 is 93.3 Å². The zero-order chi connectivity index (χ0) is 30.2. The molecule has 42 heavy (non-hydrogen) atoms. The lowest BCUT2D eigenvalue weighted by Crippen LogP contribution is -2.30. The van der Waals surface area contributed by atoms with Crippen LogP contribution >= 0.6 is 58.2 Å². The maximum absolute atomic E-state index is 13.3. The Kier molecular flexibility index (Phi) is 11.0. The summed E-state index contributed by atoms with van der Waals surface area (Å²) in [4.78, 5) is 39.7. The van der Waals surface area contributed by atoms with Crippen LogP contribution in [0.3, 0.4) is 0 Å². The molecule has 0 fully saturated rings. The number of hydrogen-bond acceptors (Lipinski definition) is 4. The Hall–Kier alpha value is -3.46. The van der Waals surface area contributed by atoms with Gasteiger partial charge in [-0.3, -0.25) is 14.4 Å².